The lowest BCUT2D eigenvalue weighted by atomic mass is 9.81. The molecule has 0 aliphatic carbocycles. The molecule has 0 spiro atoms. The van der Waals surface area contributed by atoms with Crippen LogP contribution in [-0.2, 0) is 16.1 Å². The topological polar surface area (TPSA) is 79.3 Å². The van der Waals surface area contributed by atoms with Crippen LogP contribution in [0.2, 0.25) is 0 Å². The minimum Gasteiger partial charge on any atom is -0.465 e. The first-order valence-electron chi connectivity index (χ1n) is 9.83. The van der Waals surface area contributed by atoms with E-state index in [1.54, 1.807) is 0 Å². The van der Waals surface area contributed by atoms with E-state index in [0.29, 0.717) is 31.8 Å². The first kappa shape index (κ1) is 19.2. The lowest BCUT2D eigenvalue weighted by molar-refractivity contribution is -0.173. The number of hydrogen-bond donors (Lipinski definition) is 1. The molecule has 3 atom stereocenters. The van der Waals surface area contributed by atoms with Crippen LogP contribution in [0.1, 0.15) is 53.9 Å². The Morgan fingerprint density at radius 1 is 1.21 bits per heavy atom. The van der Waals surface area contributed by atoms with Crippen molar-refractivity contribution in [2.24, 2.45) is 5.41 Å². The Kier molecular flexibility index (Phi) is 4.62. The average Bonchev–Trinajstić information content (AvgIpc) is 3.01. The summed E-state index contributed by atoms with van der Waals surface area (Å²) in [4.78, 5) is 27.2. The fraction of sp³-hybridized carbons (Fsp3) is 0.619. The number of carbonyl (C=O) groups is 2. The lowest BCUT2D eigenvalue weighted by Crippen LogP contribution is -2.65. The van der Waals surface area contributed by atoms with Crippen LogP contribution in [0.15, 0.2) is 12.1 Å². The normalized spacial score (nSPS) is 27.9. The predicted molar refractivity (Wildman–Crippen MR) is 102 cm³/mol. The van der Waals surface area contributed by atoms with Crippen molar-refractivity contribution in [3.8, 4) is 0 Å². The maximum Gasteiger partial charge on any atom is 0.407 e. The second kappa shape index (κ2) is 6.74. The highest BCUT2D eigenvalue weighted by atomic mass is 16.5. The van der Waals surface area contributed by atoms with E-state index in [-0.39, 0.29) is 29.6 Å². The fourth-order valence-corrected chi connectivity index (χ4v) is 4.73. The minimum absolute atomic E-state index is 0.0424. The maximum atomic E-state index is 11.8. The molecular weight excluding hydrogens is 360 g/mol. The minimum atomic E-state index is -0.867. The van der Waals surface area contributed by atoms with Crippen molar-refractivity contribution in [3.05, 3.63) is 34.4 Å². The predicted octanol–water partition coefficient (Wildman–Crippen LogP) is 2.82. The van der Waals surface area contributed by atoms with Gasteiger partial charge in [0.15, 0.2) is 0 Å². The van der Waals surface area contributed by atoms with Crippen LogP contribution in [0.5, 0.6) is 0 Å². The van der Waals surface area contributed by atoms with Crippen LogP contribution in [0.3, 0.4) is 0 Å². The summed E-state index contributed by atoms with van der Waals surface area (Å²) in [5.74, 6) is -0.258. The highest BCUT2D eigenvalue weighted by Gasteiger charge is 2.46. The van der Waals surface area contributed by atoms with Gasteiger partial charge < -0.3 is 19.5 Å². The molecule has 4 rings (SSSR count). The molecule has 0 radical (unpaired) electrons. The van der Waals surface area contributed by atoms with Gasteiger partial charge in [-0.05, 0) is 29.5 Å². The van der Waals surface area contributed by atoms with Crippen LogP contribution in [0.25, 0.3) is 0 Å². The summed E-state index contributed by atoms with van der Waals surface area (Å²) in [6, 6.07) is 3.87. The number of esters is 1. The molecule has 28 heavy (non-hydrogen) atoms. The van der Waals surface area contributed by atoms with E-state index >= 15 is 0 Å². The molecule has 7 heteroatoms. The number of fused-ring (bicyclic) bond motifs is 2. The van der Waals surface area contributed by atoms with Crippen molar-refractivity contribution < 1.29 is 24.2 Å². The second-order valence-corrected chi connectivity index (χ2v) is 9.08. The molecule has 1 aromatic rings. The Labute approximate surface area is 165 Å². The van der Waals surface area contributed by atoms with Crippen LogP contribution in [-0.4, -0.2) is 65.3 Å². The zero-order valence-electron chi connectivity index (χ0n) is 16.9. The number of rotatable bonds is 1. The fourth-order valence-electron chi connectivity index (χ4n) is 4.73. The number of carboxylic acid groups (broad SMARTS) is 1. The Morgan fingerprint density at radius 2 is 1.96 bits per heavy atom. The number of morpholine rings is 1. The van der Waals surface area contributed by atoms with Gasteiger partial charge in [-0.2, -0.15) is 0 Å². The molecule has 2 saturated heterocycles. The zero-order chi connectivity index (χ0) is 20.2. The second-order valence-electron chi connectivity index (χ2n) is 9.08. The van der Waals surface area contributed by atoms with Crippen LogP contribution in [0, 0.1) is 12.3 Å². The van der Waals surface area contributed by atoms with Gasteiger partial charge in [-0.3, -0.25) is 4.90 Å². The molecule has 152 valence electrons. The molecule has 7 nitrogen and oxygen atoms in total. The smallest absolute Gasteiger partial charge is 0.407 e. The third-order valence-electron chi connectivity index (χ3n) is 6.27. The molecule has 1 amide bonds. The number of nitrogens with zero attached hydrogens (tertiary/aromatic N) is 2. The third-order valence-corrected chi connectivity index (χ3v) is 6.27. The third kappa shape index (κ3) is 3.16. The van der Waals surface area contributed by atoms with Gasteiger partial charge in [0, 0.05) is 31.7 Å². The summed E-state index contributed by atoms with van der Waals surface area (Å²) in [7, 11) is 0. The standard InChI is InChI=1S/C21H28N2O5/c1-12-13(5-6-14-15(12)11-27-19(14)24)17-10-22-7-8-23(20(25)26)9-16(22)18(28-17)21(2,3)4/h5-6,16-18H,7-11H2,1-4H3,(H,25,26)/t16-,17-,18?/m1/s1. The molecule has 2 fully saturated rings. The van der Waals surface area contributed by atoms with Crippen molar-refractivity contribution in [2.45, 2.75) is 52.6 Å². The molecule has 0 aromatic heterocycles. The summed E-state index contributed by atoms with van der Waals surface area (Å²) >= 11 is 0. The molecule has 3 aliphatic rings. The SMILES string of the molecule is Cc1c([C@H]2CN3CCN(C(=O)O)C[C@@H]3C(C(C)(C)C)O2)ccc2c1COC2=O. The molecule has 0 bridgehead atoms. The summed E-state index contributed by atoms with van der Waals surface area (Å²) in [5, 5.41) is 9.42. The summed E-state index contributed by atoms with van der Waals surface area (Å²) in [6.45, 7) is 11.2. The summed E-state index contributed by atoms with van der Waals surface area (Å²) in [5.41, 5.74) is 3.62. The number of benzene rings is 1. The van der Waals surface area contributed by atoms with Gasteiger partial charge in [-0.15, -0.1) is 0 Å². The number of ether oxygens (including phenoxy) is 2. The largest absolute Gasteiger partial charge is 0.465 e. The van der Waals surface area contributed by atoms with Gasteiger partial charge in [-0.25, -0.2) is 9.59 Å². The van der Waals surface area contributed by atoms with Crippen LogP contribution < -0.4 is 0 Å². The zero-order valence-corrected chi connectivity index (χ0v) is 16.9. The van der Waals surface area contributed by atoms with Gasteiger partial charge in [0.1, 0.15) is 6.61 Å². The molecule has 3 heterocycles. The van der Waals surface area contributed by atoms with E-state index in [2.05, 4.69) is 25.7 Å². The Hall–Kier alpha value is -2.12. The first-order chi connectivity index (χ1) is 13.2. The lowest BCUT2D eigenvalue weighted by Gasteiger charge is -2.53. The van der Waals surface area contributed by atoms with Crippen molar-refractivity contribution in [1.82, 2.24) is 9.80 Å². The number of amides is 1. The van der Waals surface area contributed by atoms with E-state index in [4.69, 9.17) is 9.47 Å². The number of cyclic esters (lactones) is 1. The number of carbonyl (C=O) groups excluding carboxylic acids is 1. The van der Waals surface area contributed by atoms with Gasteiger partial charge in [-0.1, -0.05) is 26.8 Å². The number of piperazine rings is 1. The van der Waals surface area contributed by atoms with Crippen molar-refractivity contribution in [2.75, 3.05) is 26.2 Å². The van der Waals surface area contributed by atoms with Crippen molar-refractivity contribution in [3.63, 3.8) is 0 Å². The Bertz CT molecular complexity index is 816. The van der Waals surface area contributed by atoms with E-state index in [9.17, 15) is 14.7 Å². The molecule has 1 N–H and O–H groups in total. The van der Waals surface area contributed by atoms with E-state index < -0.39 is 6.09 Å². The number of hydrogen-bond acceptors (Lipinski definition) is 5. The maximum absolute atomic E-state index is 11.8. The molecule has 1 unspecified atom stereocenters. The molecule has 1 aromatic carbocycles. The molecule has 0 saturated carbocycles. The molecular formula is C21H28N2O5. The van der Waals surface area contributed by atoms with E-state index in [1.807, 2.05) is 19.1 Å². The quantitative estimate of drug-likeness (QED) is 0.746. The van der Waals surface area contributed by atoms with Crippen LogP contribution in [0.4, 0.5) is 4.79 Å². The summed E-state index contributed by atoms with van der Waals surface area (Å²) < 4.78 is 11.8. The van der Waals surface area contributed by atoms with E-state index in [0.717, 1.165) is 23.2 Å². The van der Waals surface area contributed by atoms with Crippen LogP contribution >= 0.6 is 0 Å². The Balaban J connectivity index is 1.65. The average molecular weight is 388 g/mol. The van der Waals surface area contributed by atoms with Gasteiger partial charge in [0.25, 0.3) is 0 Å². The highest BCUT2D eigenvalue weighted by molar-refractivity contribution is 5.93. The van der Waals surface area contributed by atoms with Crippen molar-refractivity contribution >= 4 is 12.1 Å². The van der Waals surface area contributed by atoms with Gasteiger partial charge >= 0.3 is 12.1 Å². The molecule has 3 aliphatic heterocycles. The van der Waals surface area contributed by atoms with Gasteiger partial charge in [0.05, 0.1) is 23.8 Å². The monoisotopic (exact) mass is 388 g/mol. The summed E-state index contributed by atoms with van der Waals surface area (Å²) in [6.07, 6.45) is -1.08. The highest BCUT2D eigenvalue weighted by Crippen LogP contribution is 2.40. The Morgan fingerprint density at radius 3 is 2.64 bits per heavy atom. The van der Waals surface area contributed by atoms with Crippen molar-refractivity contribution in [1.29, 1.82) is 0 Å². The van der Waals surface area contributed by atoms with E-state index in [1.165, 1.54) is 4.90 Å². The van der Waals surface area contributed by atoms with Gasteiger partial charge in [0.2, 0.25) is 0 Å². The first-order valence-corrected chi connectivity index (χ1v) is 9.83.